The molecule has 0 radical (unpaired) electrons. The summed E-state index contributed by atoms with van der Waals surface area (Å²) < 4.78 is 15.2. The van der Waals surface area contributed by atoms with E-state index < -0.39 is 0 Å². The molecule has 4 nitrogen and oxygen atoms in total. The lowest BCUT2D eigenvalue weighted by Crippen LogP contribution is -2.18. The topological polar surface area (TPSA) is 41.3 Å². The number of anilines is 2. The predicted octanol–water partition coefficient (Wildman–Crippen LogP) is 2.05. The Hall–Kier alpha value is -1.88. The Kier molecular flexibility index (Phi) is 2.78. The van der Waals surface area contributed by atoms with E-state index in [0.29, 0.717) is 0 Å². The second kappa shape index (κ2) is 4.35. The molecule has 100 valence electrons. The zero-order chi connectivity index (χ0) is 13.6. The molecule has 0 unspecified atom stereocenters. The van der Waals surface area contributed by atoms with Crippen molar-refractivity contribution in [3.63, 3.8) is 0 Å². The Morgan fingerprint density at radius 3 is 2.95 bits per heavy atom. The summed E-state index contributed by atoms with van der Waals surface area (Å²) in [5.41, 5.74) is 3.62. The molecule has 1 aliphatic heterocycles. The maximum Gasteiger partial charge on any atom is 0.136 e. The van der Waals surface area contributed by atoms with Crippen molar-refractivity contribution in [2.45, 2.75) is 20.0 Å². The van der Waals surface area contributed by atoms with Crippen LogP contribution in [-0.2, 0) is 20.1 Å². The number of aliphatic hydroxyl groups is 1. The van der Waals surface area contributed by atoms with Crippen molar-refractivity contribution < 1.29 is 9.50 Å². The number of benzene rings is 1. The van der Waals surface area contributed by atoms with E-state index in [1.807, 2.05) is 24.9 Å². The summed E-state index contributed by atoms with van der Waals surface area (Å²) in [6, 6.07) is 4.86. The van der Waals surface area contributed by atoms with Crippen LogP contribution >= 0.6 is 0 Å². The number of fused-ring (bicyclic) bond motifs is 1. The quantitative estimate of drug-likeness (QED) is 0.899. The van der Waals surface area contributed by atoms with E-state index in [9.17, 15) is 9.50 Å². The van der Waals surface area contributed by atoms with E-state index >= 15 is 0 Å². The van der Waals surface area contributed by atoms with Crippen LogP contribution in [0.1, 0.15) is 16.8 Å². The fourth-order valence-corrected chi connectivity index (χ4v) is 2.78. The van der Waals surface area contributed by atoms with Gasteiger partial charge in [0, 0.05) is 24.8 Å². The number of halogens is 1. The molecule has 0 saturated carbocycles. The first kappa shape index (κ1) is 12.2. The monoisotopic (exact) mass is 261 g/mol. The molecule has 0 aliphatic carbocycles. The lowest BCUT2D eigenvalue weighted by molar-refractivity contribution is 0.281. The third kappa shape index (κ3) is 1.81. The van der Waals surface area contributed by atoms with E-state index in [0.717, 1.165) is 41.3 Å². The maximum absolute atomic E-state index is 13.4. The van der Waals surface area contributed by atoms with Crippen molar-refractivity contribution in [2.75, 3.05) is 11.4 Å². The van der Waals surface area contributed by atoms with E-state index in [4.69, 9.17) is 0 Å². The Balaban J connectivity index is 2.14. The van der Waals surface area contributed by atoms with Gasteiger partial charge in [0.15, 0.2) is 0 Å². The minimum absolute atomic E-state index is 0.0594. The van der Waals surface area contributed by atoms with Gasteiger partial charge in [-0.1, -0.05) is 6.07 Å². The summed E-state index contributed by atoms with van der Waals surface area (Å²) in [5, 5.41) is 13.9. The van der Waals surface area contributed by atoms with Gasteiger partial charge in [0.05, 0.1) is 12.3 Å². The van der Waals surface area contributed by atoms with Crippen LogP contribution in [0, 0.1) is 12.7 Å². The fourth-order valence-electron chi connectivity index (χ4n) is 2.78. The standard InChI is InChI=1S/C14H16FN3O/c1-9-12(8-19)14(17(2)16-9)18-6-5-10-3-4-11(15)7-13(10)18/h3-4,7,19H,5-6,8H2,1-2H3. The third-order valence-electron chi connectivity index (χ3n) is 3.67. The van der Waals surface area contributed by atoms with Gasteiger partial charge >= 0.3 is 0 Å². The third-order valence-corrected chi connectivity index (χ3v) is 3.67. The number of aliphatic hydroxyl groups excluding tert-OH is 1. The first-order chi connectivity index (χ1) is 9.11. The fraction of sp³-hybridized carbons (Fsp3) is 0.357. The van der Waals surface area contributed by atoms with Gasteiger partial charge in [-0.2, -0.15) is 5.10 Å². The van der Waals surface area contributed by atoms with Crippen molar-refractivity contribution in [2.24, 2.45) is 7.05 Å². The Morgan fingerprint density at radius 1 is 1.42 bits per heavy atom. The summed E-state index contributed by atoms with van der Waals surface area (Å²) in [7, 11) is 1.85. The lowest BCUT2D eigenvalue weighted by atomic mass is 10.1. The number of nitrogens with zero attached hydrogens (tertiary/aromatic N) is 3. The van der Waals surface area contributed by atoms with Crippen LogP contribution < -0.4 is 4.90 Å². The number of hydrogen-bond acceptors (Lipinski definition) is 3. The average molecular weight is 261 g/mol. The molecule has 0 bridgehead atoms. The molecule has 1 aromatic heterocycles. The molecule has 0 atom stereocenters. The minimum Gasteiger partial charge on any atom is -0.391 e. The molecular formula is C14H16FN3O. The zero-order valence-corrected chi connectivity index (χ0v) is 11.0. The van der Waals surface area contributed by atoms with Gasteiger partial charge in [0.1, 0.15) is 11.6 Å². The second-order valence-electron chi connectivity index (χ2n) is 4.84. The van der Waals surface area contributed by atoms with Crippen LogP contribution in [0.25, 0.3) is 0 Å². The molecule has 0 amide bonds. The van der Waals surface area contributed by atoms with Crippen molar-refractivity contribution >= 4 is 11.5 Å². The highest BCUT2D eigenvalue weighted by Gasteiger charge is 2.26. The van der Waals surface area contributed by atoms with Crippen molar-refractivity contribution in [3.05, 3.63) is 40.8 Å². The molecule has 1 aromatic carbocycles. The number of rotatable bonds is 2. The largest absolute Gasteiger partial charge is 0.391 e. The van der Waals surface area contributed by atoms with Crippen molar-refractivity contribution in [3.8, 4) is 0 Å². The summed E-state index contributed by atoms with van der Waals surface area (Å²) in [6.07, 6.45) is 0.880. The van der Waals surface area contributed by atoms with E-state index in [2.05, 4.69) is 5.10 Å². The highest BCUT2D eigenvalue weighted by molar-refractivity contribution is 5.70. The van der Waals surface area contributed by atoms with Gasteiger partial charge in [-0.05, 0) is 31.0 Å². The Morgan fingerprint density at radius 2 is 2.21 bits per heavy atom. The van der Waals surface area contributed by atoms with Crippen LogP contribution in [0.2, 0.25) is 0 Å². The minimum atomic E-state index is -0.241. The van der Waals surface area contributed by atoms with Crippen molar-refractivity contribution in [1.29, 1.82) is 0 Å². The number of aromatic nitrogens is 2. The zero-order valence-electron chi connectivity index (χ0n) is 11.0. The van der Waals surface area contributed by atoms with E-state index in [1.165, 1.54) is 6.07 Å². The van der Waals surface area contributed by atoms with Crippen LogP contribution in [0.15, 0.2) is 18.2 Å². The molecule has 1 N–H and O–H groups in total. The van der Waals surface area contributed by atoms with Gasteiger partial charge < -0.3 is 10.0 Å². The van der Waals surface area contributed by atoms with Crippen LogP contribution in [-0.4, -0.2) is 21.4 Å². The van der Waals surface area contributed by atoms with Crippen LogP contribution in [0.4, 0.5) is 15.9 Å². The van der Waals surface area contributed by atoms with Crippen LogP contribution in [0.5, 0.6) is 0 Å². The smallest absolute Gasteiger partial charge is 0.136 e. The van der Waals surface area contributed by atoms with Crippen LogP contribution in [0.3, 0.4) is 0 Å². The molecule has 2 heterocycles. The predicted molar refractivity (Wildman–Crippen MR) is 71.0 cm³/mol. The molecular weight excluding hydrogens is 245 g/mol. The van der Waals surface area contributed by atoms with E-state index in [-0.39, 0.29) is 12.4 Å². The SMILES string of the molecule is Cc1nn(C)c(N2CCc3ccc(F)cc32)c1CO. The first-order valence-corrected chi connectivity index (χ1v) is 6.31. The highest BCUT2D eigenvalue weighted by atomic mass is 19.1. The molecule has 0 spiro atoms. The summed E-state index contributed by atoms with van der Waals surface area (Å²) >= 11 is 0. The van der Waals surface area contributed by atoms with E-state index in [1.54, 1.807) is 10.7 Å². The summed E-state index contributed by atoms with van der Waals surface area (Å²) in [4.78, 5) is 2.03. The van der Waals surface area contributed by atoms with Gasteiger partial charge in [0.25, 0.3) is 0 Å². The lowest BCUT2D eigenvalue weighted by Gasteiger charge is -2.21. The summed E-state index contributed by atoms with van der Waals surface area (Å²) in [5.74, 6) is 0.611. The normalized spacial score (nSPS) is 14.0. The average Bonchev–Trinajstić information content (AvgIpc) is 2.89. The second-order valence-corrected chi connectivity index (χ2v) is 4.84. The van der Waals surface area contributed by atoms with Crippen molar-refractivity contribution in [1.82, 2.24) is 9.78 Å². The molecule has 5 heteroatoms. The molecule has 0 fully saturated rings. The number of aryl methyl sites for hydroxylation is 2. The number of hydrogen-bond donors (Lipinski definition) is 1. The molecule has 1 aliphatic rings. The van der Waals surface area contributed by atoms with Gasteiger partial charge in [-0.25, -0.2) is 4.39 Å². The molecule has 3 rings (SSSR count). The highest BCUT2D eigenvalue weighted by Crippen LogP contribution is 2.37. The Labute approximate surface area is 111 Å². The van der Waals surface area contributed by atoms with Gasteiger partial charge in [-0.15, -0.1) is 0 Å². The maximum atomic E-state index is 13.4. The van der Waals surface area contributed by atoms with Gasteiger partial charge in [-0.3, -0.25) is 4.68 Å². The molecule has 2 aromatic rings. The summed E-state index contributed by atoms with van der Waals surface area (Å²) in [6.45, 7) is 2.60. The molecule has 0 saturated heterocycles. The van der Waals surface area contributed by atoms with Gasteiger partial charge in [0.2, 0.25) is 0 Å². The Bertz CT molecular complexity index is 636. The first-order valence-electron chi connectivity index (χ1n) is 6.31. The molecule has 19 heavy (non-hydrogen) atoms.